The van der Waals surface area contributed by atoms with Crippen molar-refractivity contribution >= 4 is 11.7 Å². The molecule has 0 saturated heterocycles. The second kappa shape index (κ2) is 6.06. The molecule has 1 aliphatic carbocycles. The SMILES string of the molecule is Cc1ccccc1NC(=O)NCC1(O)CCCCC1. The Kier molecular flexibility index (Phi) is 4.43. The Bertz CT molecular complexity index is 440. The number of aryl methyl sites for hydroxylation is 1. The van der Waals surface area contributed by atoms with Crippen LogP contribution in [0.5, 0.6) is 0 Å². The van der Waals surface area contributed by atoms with Crippen LogP contribution in [-0.2, 0) is 0 Å². The van der Waals surface area contributed by atoms with Gasteiger partial charge in [-0.3, -0.25) is 0 Å². The highest BCUT2D eigenvalue weighted by Gasteiger charge is 2.29. The van der Waals surface area contributed by atoms with Crippen molar-refractivity contribution in [2.24, 2.45) is 0 Å². The van der Waals surface area contributed by atoms with Gasteiger partial charge in [-0.25, -0.2) is 4.79 Å². The molecule has 3 N–H and O–H groups in total. The molecule has 0 unspecified atom stereocenters. The highest BCUT2D eigenvalue weighted by Crippen LogP contribution is 2.27. The van der Waals surface area contributed by atoms with Gasteiger partial charge in [0.25, 0.3) is 0 Å². The van der Waals surface area contributed by atoms with E-state index in [1.807, 2.05) is 31.2 Å². The number of benzene rings is 1. The topological polar surface area (TPSA) is 61.4 Å². The molecule has 1 aromatic carbocycles. The highest BCUT2D eigenvalue weighted by molar-refractivity contribution is 5.90. The summed E-state index contributed by atoms with van der Waals surface area (Å²) in [6.45, 7) is 2.27. The maximum absolute atomic E-state index is 11.8. The van der Waals surface area contributed by atoms with Crippen molar-refractivity contribution in [2.45, 2.75) is 44.6 Å². The first-order valence-corrected chi connectivity index (χ1v) is 6.92. The Balaban J connectivity index is 1.83. The summed E-state index contributed by atoms with van der Waals surface area (Å²) in [6, 6.07) is 7.38. The molecule has 4 nitrogen and oxygen atoms in total. The van der Waals surface area contributed by atoms with E-state index in [1.165, 1.54) is 6.42 Å². The van der Waals surface area contributed by atoms with E-state index in [0.29, 0.717) is 6.54 Å². The van der Waals surface area contributed by atoms with Crippen molar-refractivity contribution in [3.8, 4) is 0 Å². The lowest BCUT2D eigenvalue weighted by molar-refractivity contribution is 0.00755. The van der Waals surface area contributed by atoms with Crippen LogP contribution >= 0.6 is 0 Å². The van der Waals surface area contributed by atoms with Crippen LogP contribution in [0.2, 0.25) is 0 Å². The van der Waals surface area contributed by atoms with Gasteiger partial charge in [0.05, 0.1) is 5.60 Å². The highest BCUT2D eigenvalue weighted by atomic mass is 16.3. The monoisotopic (exact) mass is 262 g/mol. The fourth-order valence-electron chi connectivity index (χ4n) is 2.51. The molecule has 0 aliphatic heterocycles. The molecule has 4 heteroatoms. The normalized spacial score (nSPS) is 17.8. The fraction of sp³-hybridized carbons (Fsp3) is 0.533. The van der Waals surface area contributed by atoms with E-state index in [0.717, 1.165) is 36.9 Å². The van der Waals surface area contributed by atoms with Crippen molar-refractivity contribution in [3.05, 3.63) is 29.8 Å². The van der Waals surface area contributed by atoms with Crippen molar-refractivity contribution in [1.82, 2.24) is 5.32 Å². The maximum atomic E-state index is 11.8. The van der Waals surface area contributed by atoms with Gasteiger partial charge in [0.15, 0.2) is 0 Å². The summed E-state index contributed by atoms with van der Waals surface area (Å²) in [5.74, 6) is 0. The van der Waals surface area contributed by atoms with E-state index in [9.17, 15) is 9.90 Å². The number of urea groups is 1. The molecule has 1 saturated carbocycles. The predicted octanol–water partition coefficient (Wildman–Crippen LogP) is 2.81. The summed E-state index contributed by atoms with van der Waals surface area (Å²) in [5, 5.41) is 15.9. The van der Waals surface area contributed by atoms with E-state index in [-0.39, 0.29) is 6.03 Å². The van der Waals surface area contributed by atoms with Gasteiger partial charge in [-0.05, 0) is 31.4 Å². The van der Waals surface area contributed by atoms with Gasteiger partial charge in [0.1, 0.15) is 0 Å². The van der Waals surface area contributed by atoms with Crippen LogP contribution in [0.15, 0.2) is 24.3 Å². The molecule has 2 amide bonds. The Morgan fingerprint density at radius 2 is 1.95 bits per heavy atom. The standard InChI is InChI=1S/C15H22N2O2/c1-12-7-3-4-8-13(12)17-14(18)16-11-15(19)9-5-2-6-10-15/h3-4,7-8,19H,2,5-6,9-11H2,1H3,(H2,16,17,18). The molecule has 19 heavy (non-hydrogen) atoms. The average molecular weight is 262 g/mol. The zero-order chi connectivity index (χ0) is 13.7. The molecule has 2 rings (SSSR count). The van der Waals surface area contributed by atoms with Crippen LogP contribution in [0.3, 0.4) is 0 Å². The number of hydrogen-bond donors (Lipinski definition) is 3. The smallest absolute Gasteiger partial charge is 0.319 e. The number of carbonyl (C=O) groups excluding carboxylic acids is 1. The zero-order valence-corrected chi connectivity index (χ0v) is 11.4. The Morgan fingerprint density at radius 1 is 1.26 bits per heavy atom. The van der Waals surface area contributed by atoms with Crippen molar-refractivity contribution in [2.75, 3.05) is 11.9 Å². The largest absolute Gasteiger partial charge is 0.388 e. The molecule has 0 aromatic heterocycles. The number of amides is 2. The van der Waals surface area contributed by atoms with Crippen LogP contribution in [0.4, 0.5) is 10.5 Å². The van der Waals surface area contributed by atoms with Gasteiger partial charge >= 0.3 is 6.03 Å². The average Bonchev–Trinajstić information content (AvgIpc) is 2.40. The van der Waals surface area contributed by atoms with E-state index >= 15 is 0 Å². The molecule has 0 bridgehead atoms. The summed E-state index contributed by atoms with van der Waals surface area (Å²) in [4.78, 5) is 11.8. The summed E-state index contributed by atoms with van der Waals surface area (Å²) in [5.41, 5.74) is 1.10. The van der Waals surface area contributed by atoms with Crippen molar-refractivity contribution < 1.29 is 9.90 Å². The van der Waals surface area contributed by atoms with Crippen LogP contribution in [0.25, 0.3) is 0 Å². The van der Waals surface area contributed by atoms with Gasteiger partial charge < -0.3 is 15.7 Å². The number of nitrogens with one attached hydrogen (secondary N) is 2. The first-order valence-electron chi connectivity index (χ1n) is 6.92. The minimum atomic E-state index is -0.721. The molecule has 0 heterocycles. The number of aliphatic hydroxyl groups is 1. The minimum absolute atomic E-state index is 0.256. The molecule has 1 aliphatic rings. The Hall–Kier alpha value is -1.55. The van der Waals surface area contributed by atoms with Gasteiger partial charge in [0.2, 0.25) is 0 Å². The zero-order valence-electron chi connectivity index (χ0n) is 11.4. The number of anilines is 1. The first-order chi connectivity index (χ1) is 9.09. The second-order valence-electron chi connectivity index (χ2n) is 5.41. The minimum Gasteiger partial charge on any atom is -0.388 e. The molecule has 104 valence electrons. The predicted molar refractivity (Wildman–Crippen MR) is 76.2 cm³/mol. The van der Waals surface area contributed by atoms with Gasteiger partial charge in [-0.2, -0.15) is 0 Å². The first kappa shape index (κ1) is 13.9. The van der Waals surface area contributed by atoms with E-state index < -0.39 is 5.60 Å². The number of carbonyl (C=O) groups is 1. The van der Waals surface area contributed by atoms with E-state index in [2.05, 4.69) is 10.6 Å². The number of hydrogen-bond acceptors (Lipinski definition) is 2. The van der Waals surface area contributed by atoms with Crippen molar-refractivity contribution in [3.63, 3.8) is 0 Å². The molecular formula is C15H22N2O2. The number of rotatable bonds is 3. The molecule has 0 atom stereocenters. The summed E-state index contributed by atoms with van der Waals surface area (Å²) >= 11 is 0. The molecular weight excluding hydrogens is 240 g/mol. The van der Waals surface area contributed by atoms with Crippen LogP contribution in [0, 0.1) is 6.92 Å². The maximum Gasteiger partial charge on any atom is 0.319 e. The third kappa shape index (κ3) is 3.96. The molecule has 1 aromatic rings. The summed E-state index contributed by atoms with van der Waals surface area (Å²) in [7, 11) is 0. The quantitative estimate of drug-likeness (QED) is 0.784. The van der Waals surface area contributed by atoms with Gasteiger partial charge in [-0.15, -0.1) is 0 Å². The third-order valence-electron chi connectivity index (χ3n) is 3.76. The lowest BCUT2D eigenvalue weighted by Crippen LogP contribution is -2.45. The summed E-state index contributed by atoms with van der Waals surface area (Å²) in [6.07, 6.45) is 4.81. The van der Waals surface area contributed by atoms with Crippen LogP contribution in [-0.4, -0.2) is 23.3 Å². The van der Waals surface area contributed by atoms with E-state index in [1.54, 1.807) is 0 Å². The van der Waals surface area contributed by atoms with E-state index in [4.69, 9.17) is 0 Å². The fourth-order valence-corrected chi connectivity index (χ4v) is 2.51. The number of para-hydroxylation sites is 1. The third-order valence-corrected chi connectivity index (χ3v) is 3.76. The van der Waals surface area contributed by atoms with Crippen LogP contribution in [0.1, 0.15) is 37.7 Å². The summed E-state index contributed by atoms with van der Waals surface area (Å²) < 4.78 is 0. The van der Waals surface area contributed by atoms with Crippen molar-refractivity contribution in [1.29, 1.82) is 0 Å². The molecule has 0 spiro atoms. The lowest BCUT2D eigenvalue weighted by Gasteiger charge is -2.32. The Morgan fingerprint density at radius 3 is 2.63 bits per heavy atom. The second-order valence-corrected chi connectivity index (χ2v) is 5.41. The molecule has 1 fully saturated rings. The lowest BCUT2D eigenvalue weighted by atomic mass is 9.85. The van der Waals surface area contributed by atoms with Crippen LogP contribution < -0.4 is 10.6 Å². The van der Waals surface area contributed by atoms with Gasteiger partial charge in [0, 0.05) is 12.2 Å². The Labute approximate surface area is 114 Å². The molecule has 0 radical (unpaired) electrons. The van der Waals surface area contributed by atoms with Gasteiger partial charge in [-0.1, -0.05) is 37.5 Å².